The summed E-state index contributed by atoms with van der Waals surface area (Å²) in [6.45, 7) is 4.51. The monoisotopic (exact) mass is 304 g/mol. The van der Waals surface area contributed by atoms with E-state index in [0.717, 1.165) is 11.3 Å². The smallest absolute Gasteiger partial charge is 0.190 e. The Kier molecular flexibility index (Phi) is 3.72. The number of hydrogen-bond acceptors (Lipinski definition) is 3. The number of ketones is 1. The minimum Gasteiger partial charge on any atom is -0.493 e. The summed E-state index contributed by atoms with van der Waals surface area (Å²) in [7, 11) is 0. The predicted octanol–water partition coefficient (Wildman–Crippen LogP) is 3.87. The molecule has 0 saturated heterocycles. The zero-order chi connectivity index (χ0) is 15.0. The van der Waals surface area contributed by atoms with E-state index in [9.17, 15) is 4.79 Å². The molecule has 3 rings (SSSR count). The molecule has 1 aliphatic rings. The summed E-state index contributed by atoms with van der Waals surface area (Å²) in [5, 5.41) is 4.63. The molecular weight excluding hydrogens is 288 g/mol. The Morgan fingerprint density at radius 2 is 2.19 bits per heavy atom. The second-order valence-corrected chi connectivity index (χ2v) is 5.88. The van der Waals surface area contributed by atoms with Crippen LogP contribution in [0.3, 0.4) is 0 Å². The molecule has 1 atom stereocenters. The number of hydrogen-bond donors (Lipinski definition) is 0. The summed E-state index contributed by atoms with van der Waals surface area (Å²) in [6.07, 6.45) is 2.20. The molecule has 2 heterocycles. The number of aromatic nitrogens is 2. The number of carbonyl (C=O) groups excluding carboxylic acids is 1. The van der Waals surface area contributed by atoms with Gasteiger partial charge in [0.05, 0.1) is 23.7 Å². The van der Waals surface area contributed by atoms with Crippen LogP contribution < -0.4 is 4.74 Å². The second-order valence-electron chi connectivity index (χ2n) is 5.47. The molecule has 0 saturated carbocycles. The van der Waals surface area contributed by atoms with Gasteiger partial charge in [0, 0.05) is 11.6 Å². The molecule has 1 aromatic carbocycles. The van der Waals surface area contributed by atoms with E-state index in [4.69, 9.17) is 16.3 Å². The van der Waals surface area contributed by atoms with E-state index in [2.05, 4.69) is 5.10 Å². The number of carbonyl (C=O) groups is 1. The van der Waals surface area contributed by atoms with E-state index in [1.807, 2.05) is 38.1 Å². The fourth-order valence-electron chi connectivity index (χ4n) is 2.74. The van der Waals surface area contributed by atoms with Gasteiger partial charge in [-0.25, -0.2) is 0 Å². The number of ether oxygens (including phenoxy) is 1. The van der Waals surface area contributed by atoms with Crippen molar-refractivity contribution in [1.29, 1.82) is 0 Å². The lowest BCUT2D eigenvalue weighted by molar-refractivity contribution is 0.0920. The Labute approximate surface area is 128 Å². The molecule has 5 heteroatoms. The Morgan fingerprint density at radius 1 is 1.43 bits per heavy atom. The fourth-order valence-corrected chi connectivity index (χ4v) is 2.97. The van der Waals surface area contributed by atoms with Gasteiger partial charge in [-0.3, -0.25) is 9.48 Å². The molecule has 1 unspecified atom stereocenters. The van der Waals surface area contributed by atoms with E-state index in [0.29, 0.717) is 23.7 Å². The first-order chi connectivity index (χ1) is 10.1. The van der Waals surface area contributed by atoms with Crippen molar-refractivity contribution in [3.8, 4) is 5.75 Å². The lowest BCUT2D eigenvalue weighted by Crippen LogP contribution is -2.24. The largest absolute Gasteiger partial charge is 0.493 e. The van der Waals surface area contributed by atoms with Crippen molar-refractivity contribution in [2.45, 2.75) is 32.2 Å². The Balaban J connectivity index is 2.03. The minimum atomic E-state index is -0.221. The highest BCUT2D eigenvalue weighted by atomic mass is 35.5. The van der Waals surface area contributed by atoms with Crippen LogP contribution >= 0.6 is 11.6 Å². The van der Waals surface area contributed by atoms with Crippen LogP contribution in [0.1, 0.15) is 48.3 Å². The van der Waals surface area contributed by atoms with E-state index in [1.54, 1.807) is 10.9 Å². The molecule has 0 amide bonds. The highest BCUT2D eigenvalue weighted by molar-refractivity contribution is 6.33. The van der Waals surface area contributed by atoms with Gasteiger partial charge in [0.15, 0.2) is 5.78 Å². The third-order valence-corrected chi connectivity index (χ3v) is 4.02. The first kappa shape index (κ1) is 14.1. The summed E-state index contributed by atoms with van der Waals surface area (Å²) in [5.74, 6) is 0.581. The number of halogens is 1. The van der Waals surface area contributed by atoms with Crippen LogP contribution in [0.15, 0.2) is 30.5 Å². The highest BCUT2D eigenvalue weighted by Gasteiger charge is 2.32. The van der Waals surface area contributed by atoms with Crippen molar-refractivity contribution in [3.05, 3.63) is 46.7 Å². The van der Waals surface area contributed by atoms with Crippen LogP contribution in [0.5, 0.6) is 5.75 Å². The first-order valence-electron chi connectivity index (χ1n) is 7.08. The summed E-state index contributed by atoms with van der Waals surface area (Å²) in [6, 6.07) is 7.77. The van der Waals surface area contributed by atoms with Crippen molar-refractivity contribution >= 4 is 17.4 Å². The molecule has 4 nitrogen and oxygen atoms in total. The van der Waals surface area contributed by atoms with Crippen molar-refractivity contribution in [2.24, 2.45) is 0 Å². The van der Waals surface area contributed by atoms with Gasteiger partial charge in [0.25, 0.3) is 0 Å². The molecule has 21 heavy (non-hydrogen) atoms. The average molecular weight is 305 g/mol. The number of fused-ring (bicyclic) bond motifs is 1. The number of nitrogens with zero attached hydrogens (tertiary/aromatic N) is 2. The molecular formula is C16H17ClN2O2. The van der Waals surface area contributed by atoms with Crippen LogP contribution in [0.25, 0.3) is 0 Å². The Bertz CT molecular complexity index is 679. The summed E-state index contributed by atoms with van der Waals surface area (Å²) in [5.41, 5.74) is 1.43. The maximum absolute atomic E-state index is 13.0. The molecule has 1 aliphatic heterocycles. The zero-order valence-electron chi connectivity index (χ0n) is 12.0. The maximum Gasteiger partial charge on any atom is 0.190 e. The third kappa shape index (κ3) is 2.44. The van der Waals surface area contributed by atoms with Crippen LogP contribution in [-0.4, -0.2) is 22.2 Å². The summed E-state index contributed by atoms with van der Waals surface area (Å²) >= 11 is 6.19. The molecule has 0 aliphatic carbocycles. The molecule has 0 spiro atoms. The van der Waals surface area contributed by atoms with Gasteiger partial charge >= 0.3 is 0 Å². The lowest BCUT2D eigenvalue weighted by atomic mass is 9.88. The minimum absolute atomic E-state index is 0.0157. The third-order valence-electron chi connectivity index (χ3n) is 3.75. The number of para-hydroxylation sites is 1. The van der Waals surface area contributed by atoms with Crippen molar-refractivity contribution in [1.82, 2.24) is 9.78 Å². The molecule has 2 aromatic rings. The van der Waals surface area contributed by atoms with Crippen LogP contribution in [-0.2, 0) is 0 Å². The standard InChI is InChI=1S/C16H17ClN2O2/c1-10(2)19-15(13(17)9-18-19)16(20)12-7-8-21-14-6-4-3-5-11(12)14/h3-6,9-10,12H,7-8H2,1-2H3. The normalized spacial score (nSPS) is 17.4. The van der Waals surface area contributed by atoms with Gasteiger partial charge in [0.1, 0.15) is 11.4 Å². The summed E-state index contributed by atoms with van der Waals surface area (Å²) in [4.78, 5) is 13.0. The molecule has 1 aromatic heterocycles. The molecule has 0 bridgehead atoms. The van der Waals surface area contributed by atoms with E-state index in [-0.39, 0.29) is 17.7 Å². The SMILES string of the molecule is CC(C)n1ncc(Cl)c1C(=O)C1CCOc2ccccc21. The van der Waals surface area contributed by atoms with E-state index < -0.39 is 0 Å². The number of rotatable bonds is 3. The van der Waals surface area contributed by atoms with Crippen molar-refractivity contribution < 1.29 is 9.53 Å². The van der Waals surface area contributed by atoms with Gasteiger partial charge in [-0.05, 0) is 26.3 Å². The average Bonchev–Trinajstić information content (AvgIpc) is 2.88. The second kappa shape index (κ2) is 5.53. The van der Waals surface area contributed by atoms with E-state index >= 15 is 0 Å². The topological polar surface area (TPSA) is 44.1 Å². The van der Waals surface area contributed by atoms with Gasteiger partial charge in [0.2, 0.25) is 0 Å². The number of Topliss-reactive ketones (excluding diaryl/α,β-unsaturated/α-hetero) is 1. The van der Waals surface area contributed by atoms with Crippen molar-refractivity contribution in [2.75, 3.05) is 6.61 Å². The highest BCUT2D eigenvalue weighted by Crippen LogP contribution is 2.37. The van der Waals surface area contributed by atoms with Gasteiger partial charge in [-0.1, -0.05) is 29.8 Å². The van der Waals surface area contributed by atoms with Gasteiger partial charge < -0.3 is 4.74 Å². The first-order valence-corrected chi connectivity index (χ1v) is 7.46. The van der Waals surface area contributed by atoms with Crippen LogP contribution in [0.2, 0.25) is 5.02 Å². The molecule has 110 valence electrons. The quantitative estimate of drug-likeness (QED) is 0.809. The van der Waals surface area contributed by atoms with Gasteiger partial charge in [-0.2, -0.15) is 5.10 Å². The lowest BCUT2D eigenvalue weighted by Gasteiger charge is -2.25. The molecule has 0 fully saturated rings. The van der Waals surface area contributed by atoms with Crippen LogP contribution in [0.4, 0.5) is 0 Å². The van der Waals surface area contributed by atoms with Gasteiger partial charge in [-0.15, -0.1) is 0 Å². The van der Waals surface area contributed by atoms with E-state index in [1.165, 1.54) is 0 Å². The number of benzene rings is 1. The predicted molar refractivity (Wildman–Crippen MR) is 81.2 cm³/mol. The Morgan fingerprint density at radius 3 is 2.95 bits per heavy atom. The zero-order valence-corrected chi connectivity index (χ0v) is 12.8. The molecule has 0 N–H and O–H groups in total. The molecule has 0 radical (unpaired) electrons. The summed E-state index contributed by atoms with van der Waals surface area (Å²) < 4.78 is 7.32. The van der Waals surface area contributed by atoms with Crippen molar-refractivity contribution in [3.63, 3.8) is 0 Å². The Hall–Kier alpha value is -1.81. The maximum atomic E-state index is 13.0. The fraction of sp³-hybridized carbons (Fsp3) is 0.375. The van der Waals surface area contributed by atoms with Crippen LogP contribution in [0, 0.1) is 0 Å².